The van der Waals surface area contributed by atoms with E-state index >= 15 is 0 Å². The molecule has 1 aromatic carbocycles. The number of rotatable bonds is 6. The van der Waals surface area contributed by atoms with Crippen molar-refractivity contribution in [3.8, 4) is 0 Å². The van der Waals surface area contributed by atoms with E-state index in [0.717, 1.165) is 30.5 Å². The van der Waals surface area contributed by atoms with Gasteiger partial charge in [-0.3, -0.25) is 0 Å². The number of halogens is 1. The molecule has 0 N–H and O–H groups in total. The Morgan fingerprint density at radius 3 is 1.92 bits per heavy atom. The van der Waals surface area contributed by atoms with Crippen LogP contribution >= 0.6 is 0 Å². The van der Waals surface area contributed by atoms with Crippen molar-refractivity contribution in [2.75, 3.05) is 0 Å². The Hall–Kier alpha value is -1.11. The highest BCUT2D eigenvalue weighted by Gasteiger charge is 2.24. The largest absolute Gasteiger partial charge is 0.216 e. The van der Waals surface area contributed by atoms with Gasteiger partial charge in [0.15, 0.2) is 0 Å². The minimum absolute atomic E-state index is 0.510. The van der Waals surface area contributed by atoms with Crippen molar-refractivity contribution in [1.82, 2.24) is 0 Å². The lowest BCUT2D eigenvalue weighted by atomic mass is 9.74. The molecule has 0 nitrogen and oxygen atoms in total. The first-order valence-corrected chi connectivity index (χ1v) is 10.6. The summed E-state index contributed by atoms with van der Waals surface area (Å²) >= 11 is 0. The third-order valence-corrected chi connectivity index (χ3v) is 6.93. The van der Waals surface area contributed by atoms with Crippen LogP contribution in [0.25, 0.3) is 0 Å². The highest BCUT2D eigenvalue weighted by molar-refractivity contribution is 5.25. The molecule has 1 aromatic rings. The van der Waals surface area contributed by atoms with E-state index in [4.69, 9.17) is 0 Å². The zero-order chi connectivity index (χ0) is 17.5. The summed E-state index contributed by atoms with van der Waals surface area (Å²) < 4.78 is 12.3. The molecular formula is C24H35F. The number of benzene rings is 1. The van der Waals surface area contributed by atoms with Crippen LogP contribution in [-0.4, -0.2) is 0 Å². The van der Waals surface area contributed by atoms with Crippen LogP contribution in [0.2, 0.25) is 0 Å². The molecular weight excluding hydrogens is 307 g/mol. The Bertz CT molecular complexity index is 514. The SMILES string of the molecule is CCc1ccc(C2CCC(CCC3CCC(/C=C/F)CC3)CC2)cc1. The van der Waals surface area contributed by atoms with Gasteiger partial charge in [0, 0.05) is 0 Å². The summed E-state index contributed by atoms with van der Waals surface area (Å²) in [5.41, 5.74) is 3.02. The van der Waals surface area contributed by atoms with E-state index in [0.29, 0.717) is 5.92 Å². The molecule has 0 aromatic heterocycles. The highest BCUT2D eigenvalue weighted by Crippen LogP contribution is 2.39. The third-order valence-electron chi connectivity index (χ3n) is 6.93. The molecule has 0 atom stereocenters. The molecule has 0 spiro atoms. The van der Waals surface area contributed by atoms with Crippen molar-refractivity contribution >= 4 is 0 Å². The van der Waals surface area contributed by atoms with Crippen LogP contribution in [0.1, 0.15) is 88.2 Å². The van der Waals surface area contributed by atoms with Crippen LogP contribution in [0.4, 0.5) is 4.39 Å². The molecule has 2 aliphatic rings. The maximum absolute atomic E-state index is 12.3. The quantitative estimate of drug-likeness (QED) is 0.499. The Labute approximate surface area is 153 Å². The van der Waals surface area contributed by atoms with E-state index in [2.05, 4.69) is 31.2 Å². The molecule has 0 amide bonds. The lowest BCUT2D eigenvalue weighted by Crippen LogP contribution is -2.17. The first kappa shape index (κ1) is 18.7. The summed E-state index contributed by atoms with van der Waals surface area (Å²) in [5.74, 6) is 3.17. The molecule has 3 rings (SSSR count). The Morgan fingerprint density at radius 1 is 0.840 bits per heavy atom. The lowest BCUT2D eigenvalue weighted by Gasteiger charge is -2.31. The van der Waals surface area contributed by atoms with Gasteiger partial charge in [0.25, 0.3) is 0 Å². The van der Waals surface area contributed by atoms with Gasteiger partial charge in [-0.15, -0.1) is 0 Å². The number of hydrogen-bond acceptors (Lipinski definition) is 0. The number of allylic oxidation sites excluding steroid dienone is 1. The van der Waals surface area contributed by atoms with Crippen LogP contribution in [0, 0.1) is 17.8 Å². The molecule has 2 fully saturated rings. The Morgan fingerprint density at radius 2 is 1.40 bits per heavy atom. The fourth-order valence-corrected chi connectivity index (χ4v) is 5.05. The van der Waals surface area contributed by atoms with Crippen molar-refractivity contribution in [3.05, 3.63) is 47.8 Å². The zero-order valence-electron chi connectivity index (χ0n) is 15.9. The lowest BCUT2D eigenvalue weighted by molar-refractivity contribution is 0.245. The summed E-state index contributed by atoms with van der Waals surface area (Å²) in [6.45, 7) is 2.23. The highest BCUT2D eigenvalue weighted by atomic mass is 19.1. The van der Waals surface area contributed by atoms with Gasteiger partial charge >= 0.3 is 0 Å². The van der Waals surface area contributed by atoms with Crippen LogP contribution in [0.15, 0.2) is 36.7 Å². The molecule has 2 aliphatic carbocycles. The van der Waals surface area contributed by atoms with Crippen molar-refractivity contribution in [1.29, 1.82) is 0 Å². The molecule has 0 saturated heterocycles. The van der Waals surface area contributed by atoms with E-state index in [1.807, 2.05) is 0 Å². The fraction of sp³-hybridized carbons (Fsp3) is 0.667. The van der Waals surface area contributed by atoms with Crippen LogP contribution < -0.4 is 0 Å². The van der Waals surface area contributed by atoms with E-state index in [-0.39, 0.29) is 0 Å². The van der Waals surface area contributed by atoms with Gasteiger partial charge in [-0.25, -0.2) is 4.39 Å². The normalized spacial score (nSPS) is 30.6. The second kappa shape index (κ2) is 9.55. The molecule has 0 unspecified atom stereocenters. The Balaban J connectivity index is 1.36. The summed E-state index contributed by atoms with van der Waals surface area (Å²) in [7, 11) is 0. The van der Waals surface area contributed by atoms with Crippen LogP contribution in [0.3, 0.4) is 0 Å². The van der Waals surface area contributed by atoms with E-state index < -0.39 is 0 Å². The van der Waals surface area contributed by atoms with Crippen molar-refractivity contribution in [2.24, 2.45) is 17.8 Å². The zero-order valence-corrected chi connectivity index (χ0v) is 15.9. The minimum Gasteiger partial charge on any atom is -0.216 e. The molecule has 25 heavy (non-hydrogen) atoms. The molecule has 0 bridgehead atoms. The number of hydrogen-bond donors (Lipinski definition) is 0. The van der Waals surface area contributed by atoms with Gasteiger partial charge in [0.2, 0.25) is 0 Å². The monoisotopic (exact) mass is 342 g/mol. The minimum atomic E-state index is 0.510. The average molecular weight is 343 g/mol. The van der Waals surface area contributed by atoms with E-state index in [9.17, 15) is 4.39 Å². The van der Waals surface area contributed by atoms with Gasteiger partial charge < -0.3 is 0 Å². The number of aryl methyl sites for hydroxylation is 1. The predicted octanol–water partition coefficient (Wildman–Crippen LogP) is 7.59. The van der Waals surface area contributed by atoms with E-state index in [1.54, 1.807) is 11.6 Å². The van der Waals surface area contributed by atoms with Crippen molar-refractivity contribution in [2.45, 2.75) is 83.5 Å². The van der Waals surface area contributed by atoms with E-state index in [1.165, 1.54) is 69.8 Å². The summed E-state index contributed by atoms with van der Waals surface area (Å²) in [4.78, 5) is 0. The summed E-state index contributed by atoms with van der Waals surface area (Å²) in [5, 5.41) is 0. The summed E-state index contributed by atoms with van der Waals surface area (Å²) in [6, 6.07) is 9.37. The first-order chi connectivity index (χ1) is 12.3. The fourth-order valence-electron chi connectivity index (χ4n) is 5.05. The second-order valence-corrected chi connectivity index (χ2v) is 8.49. The van der Waals surface area contributed by atoms with Crippen LogP contribution in [0.5, 0.6) is 0 Å². The molecule has 1 heteroatoms. The van der Waals surface area contributed by atoms with Gasteiger partial charge in [0.1, 0.15) is 0 Å². The smallest absolute Gasteiger partial charge is 0.0829 e. The molecule has 0 heterocycles. The topological polar surface area (TPSA) is 0 Å². The third kappa shape index (κ3) is 5.43. The predicted molar refractivity (Wildman–Crippen MR) is 105 cm³/mol. The average Bonchev–Trinajstić information content (AvgIpc) is 2.68. The molecule has 2 saturated carbocycles. The maximum Gasteiger partial charge on any atom is 0.0829 e. The molecule has 138 valence electrons. The molecule has 0 radical (unpaired) electrons. The summed E-state index contributed by atoms with van der Waals surface area (Å²) in [6.07, 6.45) is 17.1. The van der Waals surface area contributed by atoms with Gasteiger partial charge in [0.05, 0.1) is 6.33 Å². The van der Waals surface area contributed by atoms with Gasteiger partial charge in [-0.2, -0.15) is 0 Å². The van der Waals surface area contributed by atoms with Crippen molar-refractivity contribution in [3.63, 3.8) is 0 Å². The van der Waals surface area contributed by atoms with Crippen molar-refractivity contribution < 1.29 is 4.39 Å². The van der Waals surface area contributed by atoms with Gasteiger partial charge in [-0.1, -0.05) is 50.1 Å². The molecule has 0 aliphatic heterocycles. The standard InChI is InChI=1S/C24H35F/c1-2-19-9-13-23(14-10-19)24-15-11-21(12-16-24)4-3-20-5-7-22(8-6-20)17-18-25/h9-10,13-14,17-18,20-22,24H,2-8,11-12,15-16H2,1H3/b18-17+. The first-order valence-electron chi connectivity index (χ1n) is 10.6. The van der Waals surface area contributed by atoms with Gasteiger partial charge in [-0.05, 0) is 92.6 Å². The Kier molecular flexibility index (Phi) is 7.13. The maximum atomic E-state index is 12.3. The van der Waals surface area contributed by atoms with Crippen LogP contribution in [-0.2, 0) is 6.42 Å². The second-order valence-electron chi connectivity index (χ2n) is 8.49.